The van der Waals surface area contributed by atoms with Crippen LogP contribution in [-0.2, 0) is 4.79 Å². The molecule has 30 heavy (non-hydrogen) atoms. The molecule has 160 valence electrons. The molecule has 0 saturated carbocycles. The monoisotopic (exact) mass is 412 g/mol. The van der Waals surface area contributed by atoms with E-state index in [0.717, 1.165) is 18.8 Å². The Morgan fingerprint density at radius 2 is 1.53 bits per heavy atom. The van der Waals surface area contributed by atoms with Crippen LogP contribution in [0.25, 0.3) is 0 Å². The van der Waals surface area contributed by atoms with Crippen molar-refractivity contribution in [3.63, 3.8) is 0 Å². The van der Waals surface area contributed by atoms with Crippen LogP contribution in [0.1, 0.15) is 6.92 Å². The molecule has 8 nitrogen and oxygen atoms in total. The van der Waals surface area contributed by atoms with Crippen molar-refractivity contribution in [1.29, 1.82) is 0 Å². The third-order valence-electron chi connectivity index (χ3n) is 5.04. The Bertz CT molecular complexity index is 844. The van der Waals surface area contributed by atoms with Gasteiger partial charge in [-0.05, 0) is 19.1 Å². The van der Waals surface area contributed by atoms with Crippen molar-refractivity contribution in [3.8, 4) is 11.5 Å². The summed E-state index contributed by atoms with van der Waals surface area (Å²) in [6.45, 7) is 4.36. The van der Waals surface area contributed by atoms with Crippen LogP contribution in [0.3, 0.4) is 0 Å². The highest BCUT2D eigenvalue weighted by molar-refractivity contribution is 5.97. The zero-order valence-electron chi connectivity index (χ0n) is 17.6. The van der Waals surface area contributed by atoms with E-state index < -0.39 is 6.04 Å². The largest absolute Gasteiger partial charge is 0.497 e. The summed E-state index contributed by atoms with van der Waals surface area (Å²) in [6, 6.07) is 14.3. The van der Waals surface area contributed by atoms with Crippen molar-refractivity contribution in [2.45, 2.75) is 13.0 Å². The summed E-state index contributed by atoms with van der Waals surface area (Å²) in [5.74, 6) is 0.817. The molecule has 2 aromatic rings. The zero-order valence-corrected chi connectivity index (χ0v) is 17.6. The SMILES string of the molecule is COc1cc(NC(=O)C(C)NC(=O)N2CCN(c3ccccc3)CC2)cc(OC)c1. The van der Waals surface area contributed by atoms with E-state index in [1.54, 1.807) is 44.2 Å². The van der Waals surface area contributed by atoms with E-state index in [9.17, 15) is 9.59 Å². The summed E-state index contributed by atoms with van der Waals surface area (Å²) in [5.41, 5.74) is 1.69. The number of carbonyl (C=O) groups is 2. The van der Waals surface area contributed by atoms with E-state index in [0.29, 0.717) is 30.3 Å². The van der Waals surface area contributed by atoms with E-state index in [2.05, 4.69) is 27.7 Å². The van der Waals surface area contributed by atoms with Gasteiger partial charge in [-0.2, -0.15) is 0 Å². The highest BCUT2D eigenvalue weighted by Crippen LogP contribution is 2.25. The average Bonchev–Trinajstić information content (AvgIpc) is 2.79. The molecule has 0 spiro atoms. The summed E-state index contributed by atoms with van der Waals surface area (Å²) in [5, 5.41) is 5.56. The molecule has 1 aliphatic heterocycles. The molecule has 8 heteroatoms. The summed E-state index contributed by atoms with van der Waals surface area (Å²) >= 11 is 0. The fourth-order valence-corrected chi connectivity index (χ4v) is 3.28. The van der Waals surface area contributed by atoms with Crippen molar-refractivity contribution in [3.05, 3.63) is 48.5 Å². The molecule has 0 aliphatic carbocycles. The number of hydrogen-bond acceptors (Lipinski definition) is 5. The molecule has 1 aliphatic rings. The van der Waals surface area contributed by atoms with Gasteiger partial charge in [-0.3, -0.25) is 4.79 Å². The van der Waals surface area contributed by atoms with E-state index in [1.807, 2.05) is 18.2 Å². The number of carbonyl (C=O) groups excluding carboxylic acids is 2. The fraction of sp³-hybridized carbons (Fsp3) is 0.364. The quantitative estimate of drug-likeness (QED) is 0.762. The van der Waals surface area contributed by atoms with Crippen molar-refractivity contribution < 1.29 is 19.1 Å². The second-order valence-electron chi connectivity index (χ2n) is 7.07. The Balaban J connectivity index is 1.51. The molecule has 1 unspecified atom stereocenters. The first-order valence-corrected chi connectivity index (χ1v) is 9.89. The van der Waals surface area contributed by atoms with Crippen molar-refractivity contribution in [2.75, 3.05) is 50.6 Å². The predicted molar refractivity (Wildman–Crippen MR) is 116 cm³/mol. The fourth-order valence-electron chi connectivity index (χ4n) is 3.28. The van der Waals surface area contributed by atoms with Crippen LogP contribution < -0.4 is 25.0 Å². The van der Waals surface area contributed by atoms with Crippen LogP contribution in [-0.4, -0.2) is 63.3 Å². The molecule has 0 aromatic heterocycles. The second-order valence-corrected chi connectivity index (χ2v) is 7.07. The highest BCUT2D eigenvalue weighted by Gasteiger charge is 2.24. The number of amides is 3. The van der Waals surface area contributed by atoms with Crippen LogP contribution >= 0.6 is 0 Å². The summed E-state index contributed by atoms with van der Waals surface area (Å²) in [6.07, 6.45) is 0. The first-order valence-electron chi connectivity index (χ1n) is 9.89. The lowest BCUT2D eigenvalue weighted by Crippen LogP contribution is -2.54. The predicted octanol–water partition coefficient (Wildman–Crippen LogP) is 2.56. The molecule has 1 atom stereocenters. The third-order valence-corrected chi connectivity index (χ3v) is 5.04. The van der Waals surface area contributed by atoms with Gasteiger partial charge in [0.25, 0.3) is 0 Å². The molecule has 3 rings (SSSR count). The van der Waals surface area contributed by atoms with Crippen molar-refractivity contribution in [2.24, 2.45) is 0 Å². The Morgan fingerprint density at radius 3 is 2.10 bits per heavy atom. The van der Waals surface area contributed by atoms with Gasteiger partial charge in [0.1, 0.15) is 17.5 Å². The van der Waals surface area contributed by atoms with Crippen molar-refractivity contribution in [1.82, 2.24) is 10.2 Å². The minimum atomic E-state index is -0.693. The molecule has 1 saturated heterocycles. The number of anilines is 2. The number of nitrogens with one attached hydrogen (secondary N) is 2. The Hall–Kier alpha value is -3.42. The lowest BCUT2D eigenvalue weighted by atomic mass is 10.2. The number of hydrogen-bond donors (Lipinski definition) is 2. The lowest BCUT2D eigenvalue weighted by Gasteiger charge is -2.36. The Morgan fingerprint density at radius 1 is 0.933 bits per heavy atom. The maximum atomic E-state index is 12.6. The molecule has 0 bridgehead atoms. The lowest BCUT2D eigenvalue weighted by molar-refractivity contribution is -0.117. The molecule has 1 heterocycles. The maximum Gasteiger partial charge on any atom is 0.318 e. The number of benzene rings is 2. The number of urea groups is 1. The highest BCUT2D eigenvalue weighted by atomic mass is 16.5. The molecule has 0 radical (unpaired) electrons. The third kappa shape index (κ3) is 5.34. The van der Waals surface area contributed by atoms with Gasteiger partial charge in [0.05, 0.1) is 14.2 Å². The maximum absolute atomic E-state index is 12.6. The van der Waals surface area contributed by atoms with Crippen LogP contribution in [0.2, 0.25) is 0 Å². The van der Waals surface area contributed by atoms with Crippen molar-refractivity contribution >= 4 is 23.3 Å². The van der Waals surface area contributed by atoms with E-state index in [4.69, 9.17) is 9.47 Å². The number of nitrogens with zero attached hydrogens (tertiary/aromatic N) is 2. The molecular weight excluding hydrogens is 384 g/mol. The van der Waals surface area contributed by atoms with E-state index in [1.165, 1.54) is 0 Å². The number of methoxy groups -OCH3 is 2. The zero-order chi connectivity index (χ0) is 21.5. The van der Waals surface area contributed by atoms with E-state index >= 15 is 0 Å². The van der Waals surface area contributed by atoms with Gasteiger partial charge in [0, 0.05) is 55.8 Å². The van der Waals surface area contributed by atoms with Gasteiger partial charge in [-0.1, -0.05) is 18.2 Å². The van der Waals surface area contributed by atoms with Crippen LogP contribution in [0.4, 0.5) is 16.2 Å². The Kier molecular flexibility index (Phi) is 7.00. The topological polar surface area (TPSA) is 83.1 Å². The first kappa shape index (κ1) is 21.3. The minimum absolute atomic E-state index is 0.242. The van der Waals surface area contributed by atoms with Gasteiger partial charge in [-0.15, -0.1) is 0 Å². The molecule has 2 N–H and O–H groups in total. The number of rotatable bonds is 6. The standard InChI is InChI=1S/C22H28N4O4/c1-16(21(27)24-17-13-19(29-2)15-20(14-17)30-3)23-22(28)26-11-9-25(10-12-26)18-7-5-4-6-8-18/h4-8,13-16H,9-12H2,1-3H3,(H,23,28)(H,24,27). The molecule has 1 fully saturated rings. The summed E-state index contributed by atoms with van der Waals surface area (Å²) < 4.78 is 10.4. The molecular formula is C22H28N4O4. The number of para-hydroxylation sites is 1. The second kappa shape index (κ2) is 9.87. The number of piperazine rings is 1. The smallest absolute Gasteiger partial charge is 0.318 e. The van der Waals surface area contributed by atoms with E-state index in [-0.39, 0.29) is 11.9 Å². The average molecular weight is 412 g/mol. The summed E-state index contributed by atoms with van der Waals surface area (Å²) in [7, 11) is 3.08. The van der Waals surface area contributed by atoms with Gasteiger partial charge in [-0.25, -0.2) is 4.79 Å². The minimum Gasteiger partial charge on any atom is -0.497 e. The van der Waals surface area contributed by atoms with Crippen LogP contribution in [0, 0.1) is 0 Å². The van der Waals surface area contributed by atoms with Gasteiger partial charge in [0.15, 0.2) is 0 Å². The Labute approximate surface area is 176 Å². The molecule has 3 amide bonds. The molecule has 2 aromatic carbocycles. The number of ether oxygens (including phenoxy) is 2. The van der Waals surface area contributed by atoms with Crippen LogP contribution in [0.5, 0.6) is 11.5 Å². The first-order chi connectivity index (χ1) is 14.5. The van der Waals surface area contributed by atoms with Gasteiger partial charge >= 0.3 is 6.03 Å². The van der Waals surface area contributed by atoms with Gasteiger partial charge < -0.3 is 29.9 Å². The normalized spacial score (nSPS) is 14.6. The van der Waals surface area contributed by atoms with Crippen LogP contribution in [0.15, 0.2) is 48.5 Å². The summed E-state index contributed by atoms with van der Waals surface area (Å²) in [4.78, 5) is 29.1. The van der Waals surface area contributed by atoms with Gasteiger partial charge in [0.2, 0.25) is 5.91 Å².